The van der Waals surface area contributed by atoms with Gasteiger partial charge >= 0.3 is 0 Å². The summed E-state index contributed by atoms with van der Waals surface area (Å²) < 4.78 is 37.5. The molecule has 24 heavy (non-hydrogen) atoms. The fraction of sp³-hybridized carbons (Fsp3) is 0.267. The van der Waals surface area contributed by atoms with E-state index >= 15 is 0 Å². The van der Waals surface area contributed by atoms with Gasteiger partial charge in [-0.25, -0.2) is 8.42 Å². The Bertz CT molecular complexity index is 826. The molecule has 1 aromatic heterocycles. The monoisotopic (exact) mass is 414 g/mol. The lowest BCUT2D eigenvalue weighted by Crippen LogP contribution is -2.40. The third-order valence-electron chi connectivity index (χ3n) is 3.47. The van der Waals surface area contributed by atoms with Crippen molar-refractivity contribution in [1.82, 2.24) is 4.31 Å². The normalized spacial score (nSPS) is 16.0. The Morgan fingerprint density at radius 3 is 2.42 bits per heavy atom. The van der Waals surface area contributed by atoms with E-state index in [1.165, 1.54) is 16.4 Å². The van der Waals surface area contributed by atoms with E-state index in [-0.39, 0.29) is 23.9 Å². The lowest BCUT2D eigenvalue weighted by molar-refractivity contribution is 0.0723. The lowest BCUT2D eigenvalue weighted by Gasteiger charge is -2.24. The van der Waals surface area contributed by atoms with E-state index in [2.05, 4.69) is 21.2 Å². The molecule has 2 aromatic rings. The van der Waals surface area contributed by atoms with Gasteiger partial charge in [0.05, 0.1) is 13.2 Å². The number of amides is 1. The minimum absolute atomic E-state index is 0.0650. The van der Waals surface area contributed by atoms with E-state index in [9.17, 15) is 13.2 Å². The van der Waals surface area contributed by atoms with Crippen LogP contribution < -0.4 is 5.32 Å². The smallest absolute Gasteiger partial charge is 0.291 e. The Kier molecular flexibility index (Phi) is 5.04. The fourth-order valence-corrected chi connectivity index (χ4v) is 3.80. The van der Waals surface area contributed by atoms with Gasteiger partial charge in [0, 0.05) is 23.2 Å². The number of nitrogens with zero attached hydrogens (tertiary/aromatic N) is 1. The minimum atomic E-state index is -3.75. The molecule has 0 unspecified atom stereocenters. The SMILES string of the molecule is O=C(Nc1ccc(Br)cc1)c1ccc(S(=O)(=O)N2CCOCC2)o1. The fourth-order valence-electron chi connectivity index (χ4n) is 2.22. The van der Waals surface area contributed by atoms with Crippen LogP contribution in [0.3, 0.4) is 0 Å². The summed E-state index contributed by atoms with van der Waals surface area (Å²) >= 11 is 3.31. The van der Waals surface area contributed by atoms with Crippen LogP contribution in [0.5, 0.6) is 0 Å². The molecule has 1 saturated heterocycles. The van der Waals surface area contributed by atoms with Gasteiger partial charge in [0.15, 0.2) is 5.76 Å². The van der Waals surface area contributed by atoms with Crippen LogP contribution in [0.4, 0.5) is 5.69 Å². The molecule has 1 aliphatic heterocycles. The van der Waals surface area contributed by atoms with Crippen molar-refractivity contribution >= 4 is 37.5 Å². The van der Waals surface area contributed by atoms with E-state index in [4.69, 9.17) is 9.15 Å². The zero-order chi connectivity index (χ0) is 17.2. The van der Waals surface area contributed by atoms with Crippen molar-refractivity contribution in [2.24, 2.45) is 0 Å². The molecule has 0 atom stereocenters. The number of sulfonamides is 1. The second-order valence-corrected chi connectivity index (χ2v) is 7.88. The highest BCUT2D eigenvalue weighted by Crippen LogP contribution is 2.21. The van der Waals surface area contributed by atoms with Crippen LogP contribution >= 0.6 is 15.9 Å². The Labute approximate surface area is 147 Å². The summed E-state index contributed by atoms with van der Waals surface area (Å²) in [5, 5.41) is 2.40. The number of rotatable bonds is 4. The molecule has 1 aromatic carbocycles. The Hall–Kier alpha value is -1.68. The van der Waals surface area contributed by atoms with Crippen molar-refractivity contribution in [3.8, 4) is 0 Å². The maximum Gasteiger partial charge on any atom is 0.291 e. The number of furan rings is 1. The first kappa shape index (κ1) is 17.2. The number of carbonyl (C=O) groups excluding carboxylic acids is 1. The number of anilines is 1. The molecule has 1 N–H and O–H groups in total. The number of hydrogen-bond donors (Lipinski definition) is 1. The number of ether oxygens (including phenoxy) is 1. The Morgan fingerprint density at radius 1 is 1.08 bits per heavy atom. The summed E-state index contributed by atoms with van der Waals surface area (Å²) in [6.45, 7) is 1.22. The first-order valence-corrected chi connectivity index (χ1v) is 9.45. The number of benzene rings is 1. The average Bonchev–Trinajstić information content (AvgIpc) is 3.09. The number of halogens is 1. The molecule has 1 amide bonds. The molecular weight excluding hydrogens is 400 g/mol. The minimum Gasteiger partial charge on any atom is -0.438 e. The zero-order valence-corrected chi connectivity index (χ0v) is 15.0. The van der Waals surface area contributed by atoms with Crippen LogP contribution in [0, 0.1) is 0 Å². The van der Waals surface area contributed by atoms with Crippen LogP contribution in [0.25, 0.3) is 0 Å². The standard InChI is InChI=1S/C15H15BrN2O5S/c16-11-1-3-12(4-2-11)17-15(19)13-5-6-14(23-13)24(20,21)18-7-9-22-10-8-18/h1-6H,7-10H2,(H,17,19). The van der Waals surface area contributed by atoms with Crippen molar-refractivity contribution in [2.75, 3.05) is 31.6 Å². The van der Waals surface area contributed by atoms with Crippen LogP contribution in [-0.2, 0) is 14.8 Å². The number of nitrogens with one attached hydrogen (secondary N) is 1. The maximum absolute atomic E-state index is 12.5. The third-order valence-corrected chi connectivity index (χ3v) is 5.77. The van der Waals surface area contributed by atoms with E-state index in [0.29, 0.717) is 18.9 Å². The molecule has 128 valence electrons. The van der Waals surface area contributed by atoms with Crippen LogP contribution in [-0.4, -0.2) is 44.9 Å². The van der Waals surface area contributed by atoms with Gasteiger partial charge in [-0.3, -0.25) is 4.79 Å². The average molecular weight is 415 g/mol. The summed E-state index contributed by atoms with van der Waals surface area (Å²) in [4.78, 5) is 12.2. The van der Waals surface area contributed by atoms with Crippen molar-refractivity contribution < 1.29 is 22.4 Å². The van der Waals surface area contributed by atoms with E-state index in [1.807, 2.05) is 0 Å². The molecule has 0 saturated carbocycles. The molecule has 3 rings (SSSR count). The molecular formula is C15H15BrN2O5S. The molecule has 9 heteroatoms. The van der Waals surface area contributed by atoms with Gasteiger partial charge in [0.25, 0.3) is 15.9 Å². The summed E-state index contributed by atoms with van der Waals surface area (Å²) in [6.07, 6.45) is 0. The van der Waals surface area contributed by atoms with Crippen molar-refractivity contribution in [3.05, 3.63) is 46.6 Å². The van der Waals surface area contributed by atoms with Gasteiger partial charge in [0.1, 0.15) is 0 Å². The third kappa shape index (κ3) is 3.69. The number of morpholine rings is 1. The quantitative estimate of drug-likeness (QED) is 0.828. The Balaban J connectivity index is 1.74. The van der Waals surface area contributed by atoms with Crippen molar-refractivity contribution in [1.29, 1.82) is 0 Å². The van der Waals surface area contributed by atoms with E-state index in [0.717, 1.165) is 4.47 Å². The highest BCUT2D eigenvalue weighted by atomic mass is 79.9. The van der Waals surface area contributed by atoms with E-state index < -0.39 is 15.9 Å². The summed E-state index contributed by atoms with van der Waals surface area (Å²) in [6, 6.07) is 9.65. The van der Waals surface area contributed by atoms with E-state index in [1.54, 1.807) is 24.3 Å². The van der Waals surface area contributed by atoms with Crippen molar-refractivity contribution in [2.45, 2.75) is 5.09 Å². The summed E-state index contributed by atoms with van der Waals surface area (Å²) in [7, 11) is -3.75. The van der Waals surface area contributed by atoms with Crippen LogP contribution in [0.2, 0.25) is 0 Å². The van der Waals surface area contributed by atoms with Gasteiger partial charge in [-0.15, -0.1) is 0 Å². The molecule has 7 nitrogen and oxygen atoms in total. The number of carbonyl (C=O) groups is 1. The maximum atomic E-state index is 12.5. The second kappa shape index (κ2) is 7.06. The summed E-state index contributed by atoms with van der Waals surface area (Å²) in [5.74, 6) is -0.578. The molecule has 0 aliphatic carbocycles. The van der Waals surface area contributed by atoms with Gasteiger partial charge in [-0.1, -0.05) is 15.9 Å². The molecule has 1 fully saturated rings. The molecule has 1 aliphatic rings. The predicted molar refractivity (Wildman–Crippen MR) is 90.4 cm³/mol. The molecule has 2 heterocycles. The predicted octanol–water partition coefficient (Wildman–Crippen LogP) is 2.32. The zero-order valence-electron chi connectivity index (χ0n) is 12.6. The topological polar surface area (TPSA) is 88.9 Å². The van der Waals surface area contributed by atoms with Gasteiger partial charge < -0.3 is 14.5 Å². The first-order chi connectivity index (χ1) is 11.5. The molecule has 0 bridgehead atoms. The van der Waals surface area contributed by atoms with Crippen molar-refractivity contribution in [3.63, 3.8) is 0 Å². The molecule has 0 radical (unpaired) electrons. The Morgan fingerprint density at radius 2 is 1.75 bits per heavy atom. The highest BCUT2D eigenvalue weighted by Gasteiger charge is 2.30. The van der Waals surface area contributed by atoms with Crippen LogP contribution in [0.1, 0.15) is 10.6 Å². The highest BCUT2D eigenvalue weighted by molar-refractivity contribution is 9.10. The largest absolute Gasteiger partial charge is 0.438 e. The van der Waals surface area contributed by atoms with Gasteiger partial charge in [-0.05, 0) is 36.4 Å². The lowest BCUT2D eigenvalue weighted by atomic mass is 10.3. The summed E-state index contributed by atoms with van der Waals surface area (Å²) in [5.41, 5.74) is 0.581. The van der Waals surface area contributed by atoms with Crippen LogP contribution in [0.15, 0.2) is 50.4 Å². The second-order valence-electron chi connectivity index (χ2n) is 5.10. The van der Waals surface area contributed by atoms with Gasteiger partial charge in [-0.2, -0.15) is 4.31 Å². The first-order valence-electron chi connectivity index (χ1n) is 7.21. The molecule has 0 spiro atoms. The van der Waals surface area contributed by atoms with Gasteiger partial charge in [0.2, 0.25) is 5.09 Å². The number of hydrogen-bond acceptors (Lipinski definition) is 5.